The van der Waals surface area contributed by atoms with Crippen LogP contribution in [0.2, 0.25) is 5.02 Å². The second kappa shape index (κ2) is 8.92. The molecule has 3 rings (SSSR count). The Morgan fingerprint density at radius 1 is 1.14 bits per heavy atom. The van der Waals surface area contributed by atoms with E-state index in [2.05, 4.69) is 26.1 Å². The zero-order valence-electron chi connectivity index (χ0n) is 15.1. The SMILES string of the molecule is Cc1ccc(Nc2ncnc(NNC(=O)COc3ccccc3)c2N)cc1Cl. The van der Waals surface area contributed by atoms with Gasteiger partial charge in [0.2, 0.25) is 0 Å². The lowest BCUT2D eigenvalue weighted by atomic mass is 10.2. The normalized spacial score (nSPS) is 10.2. The van der Waals surface area contributed by atoms with Crippen LogP contribution in [0.1, 0.15) is 5.56 Å². The highest BCUT2D eigenvalue weighted by Crippen LogP contribution is 2.27. The molecule has 2 aromatic carbocycles. The van der Waals surface area contributed by atoms with Gasteiger partial charge in [-0.3, -0.25) is 15.6 Å². The monoisotopic (exact) mass is 398 g/mol. The maximum atomic E-state index is 11.9. The van der Waals surface area contributed by atoms with Crippen LogP contribution < -0.4 is 26.6 Å². The molecule has 1 heterocycles. The lowest BCUT2D eigenvalue weighted by Gasteiger charge is -2.14. The van der Waals surface area contributed by atoms with Gasteiger partial charge in [0.15, 0.2) is 18.2 Å². The fraction of sp³-hybridized carbons (Fsp3) is 0.105. The van der Waals surface area contributed by atoms with Gasteiger partial charge < -0.3 is 15.8 Å². The number of hydrogen-bond acceptors (Lipinski definition) is 7. The molecule has 8 nitrogen and oxygen atoms in total. The number of hydrazine groups is 1. The van der Waals surface area contributed by atoms with Crippen LogP contribution in [-0.2, 0) is 4.79 Å². The maximum absolute atomic E-state index is 11.9. The van der Waals surface area contributed by atoms with E-state index in [1.165, 1.54) is 6.33 Å². The molecular formula is C19H19ClN6O2. The number of nitrogens with zero attached hydrogens (tertiary/aromatic N) is 2. The molecule has 0 spiro atoms. The first-order valence-electron chi connectivity index (χ1n) is 8.39. The zero-order chi connectivity index (χ0) is 19.9. The topological polar surface area (TPSA) is 114 Å². The van der Waals surface area contributed by atoms with E-state index in [1.54, 1.807) is 18.2 Å². The van der Waals surface area contributed by atoms with Gasteiger partial charge in [-0.1, -0.05) is 35.9 Å². The van der Waals surface area contributed by atoms with Crippen LogP contribution in [0, 0.1) is 6.92 Å². The highest BCUT2D eigenvalue weighted by atomic mass is 35.5. The Morgan fingerprint density at radius 3 is 2.64 bits per heavy atom. The lowest BCUT2D eigenvalue weighted by Crippen LogP contribution is -2.34. The number of aryl methyl sites for hydroxylation is 1. The molecular weight excluding hydrogens is 380 g/mol. The van der Waals surface area contributed by atoms with Crippen LogP contribution in [0.3, 0.4) is 0 Å². The van der Waals surface area contributed by atoms with Crippen LogP contribution in [0.4, 0.5) is 23.0 Å². The fourth-order valence-electron chi connectivity index (χ4n) is 2.23. The minimum Gasteiger partial charge on any atom is -0.484 e. The Hall–Kier alpha value is -3.52. The molecule has 5 N–H and O–H groups in total. The molecule has 28 heavy (non-hydrogen) atoms. The molecule has 0 atom stereocenters. The van der Waals surface area contributed by atoms with Gasteiger partial charge in [0.1, 0.15) is 17.8 Å². The predicted molar refractivity (Wildman–Crippen MR) is 110 cm³/mol. The van der Waals surface area contributed by atoms with Crippen LogP contribution in [0.5, 0.6) is 5.75 Å². The standard InChI is InChI=1S/C19H19ClN6O2/c1-12-7-8-13(9-15(12)20)24-18-17(21)19(23-11-22-18)26-25-16(27)10-28-14-5-3-2-4-6-14/h2-9,11H,10,21H2,1H3,(H,25,27)(H2,22,23,24,26). The van der Waals surface area contributed by atoms with Crippen LogP contribution in [-0.4, -0.2) is 22.5 Å². The molecule has 3 aromatic rings. The number of nitrogens with two attached hydrogens (primary N) is 1. The van der Waals surface area contributed by atoms with Gasteiger partial charge in [0, 0.05) is 10.7 Å². The minimum atomic E-state index is -0.387. The van der Waals surface area contributed by atoms with Gasteiger partial charge in [-0.15, -0.1) is 0 Å². The maximum Gasteiger partial charge on any atom is 0.276 e. The average molecular weight is 399 g/mol. The number of halogens is 1. The number of hydrogen-bond donors (Lipinski definition) is 4. The summed E-state index contributed by atoms with van der Waals surface area (Å²) in [6.07, 6.45) is 1.32. The summed E-state index contributed by atoms with van der Waals surface area (Å²) in [6, 6.07) is 14.5. The third-order valence-electron chi connectivity index (χ3n) is 3.75. The van der Waals surface area contributed by atoms with Crippen molar-refractivity contribution in [1.29, 1.82) is 0 Å². The van der Waals surface area contributed by atoms with Crippen LogP contribution in [0.25, 0.3) is 0 Å². The number of nitrogens with one attached hydrogen (secondary N) is 3. The van der Waals surface area contributed by atoms with Crippen molar-refractivity contribution in [3.05, 3.63) is 65.4 Å². The fourth-order valence-corrected chi connectivity index (χ4v) is 2.41. The molecule has 0 unspecified atom stereocenters. The number of nitrogen functional groups attached to an aromatic ring is 1. The third-order valence-corrected chi connectivity index (χ3v) is 4.16. The van der Waals surface area contributed by atoms with Crippen molar-refractivity contribution in [2.24, 2.45) is 0 Å². The molecule has 144 valence electrons. The average Bonchev–Trinajstić information content (AvgIpc) is 2.70. The quantitative estimate of drug-likeness (QED) is 0.451. The molecule has 9 heteroatoms. The van der Waals surface area contributed by atoms with Gasteiger partial charge in [-0.25, -0.2) is 9.97 Å². The largest absolute Gasteiger partial charge is 0.484 e. The molecule has 0 fully saturated rings. The van der Waals surface area contributed by atoms with E-state index >= 15 is 0 Å². The number of para-hydroxylation sites is 1. The van der Waals surface area contributed by atoms with Crippen LogP contribution >= 0.6 is 11.6 Å². The first kappa shape index (κ1) is 19.2. The Balaban J connectivity index is 1.59. The number of ether oxygens (including phenoxy) is 1. The zero-order valence-corrected chi connectivity index (χ0v) is 15.8. The van der Waals surface area contributed by atoms with Crippen molar-refractivity contribution < 1.29 is 9.53 Å². The Morgan fingerprint density at radius 2 is 1.89 bits per heavy atom. The highest BCUT2D eigenvalue weighted by molar-refractivity contribution is 6.31. The number of aromatic nitrogens is 2. The van der Waals surface area contributed by atoms with E-state index in [4.69, 9.17) is 22.1 Å². The van der Waals surface area contributed by atoms with E-state index in [0.717, 1.165) is 11.3 Å². The molecule has 0 radical (unpaired) electrons. The van der Waals surface area contributed by atoms with Crippen molar-refractivity contribution in [1.82, 2.24) is 15.4 Å². The molecule has 0 aliphatic carbocycles. The van der Waals surface area contributed by atoms with Crippen molar-refractivity contribution in [2.45, 2.75) is 6.92 Å². The molecule has 1 aromatic heterocycles. The summed E-state index contributed by atoms with van der Waals surface area (Å²) < 4.78 is 5.37. The molecule has 1 amide bonds. The molecule has 0 saturated heterocycles. The summed E-state index contributed by atoms with van der Waals surface area (Å²) in [5.74, 6) is 0.847. The summed E-state index contributed by atoms with van der Waals surface area (Å²) in [7, 11) is 0. The third kappa shape index (κ3) is 5.01. The van der Waals surface area contributed by atoms with E-state index in [-0.39, 0.29) is 24.0 Å². The summed E-state index contributed by atoms with van der Waals surface area (Å²) in [5.41, 5.74) is 13.2. The summed E-state index contributed by atoms with van der Waals surface area (Å²) in [5, 5.41) is 3.70. The van der Waals surface area contributed by atoms with E-state index in [9.17, 15) is 4.79 Å². The summed E-state index contributed by atoms with van der Waals surface area (Å²) in [4.78, 5) is 20.1. The smallest absolute Gasteiger partial charge is 0.276 e. The number of carbonyl (C=O) groups is 1. The number of anilines is 4. The van der Waals surface area contributed by atoms with Gasteiger partial charge in [-0.2, -0.15) is 0 Å². The second-order valence-corrected chi connectivity index (χ2v) is 6.26. The first-order valence-corrected chi connectivity index (χ1v) is 8.77. The number of rotatable bonds is 7. The number of carbonyl (C=O) groups excluding carboxylic acids is 1. The second-order valence-electron chi connectivity index (χ2n) is 5.85. The molecule has 0 aliphatic rings. The Kier molecular flexibility index (Phi) is 6.13. The number of amides is 1. The van der Waals surface area contributed by atoms with E-state index in [0.29, 0.717) is 16.6 Å². The summed E-state index contributed by atoms with van der Waals surface area (Å²) in [6.45, 7) is 1.76. The molecule has 0 saturated carbocycles. The van der Waals surface area contributed by atoms with Gasteiger partial charge in [-0.05, 0) is 36.8 Å². The van der Waals surface area contributed by atoms with E-state index < -0.39 is 0 Å². The number of benzene rings is 2. The van der Waals surface area contributed by atoms with Crippen molar-refractivity contribution in [2.75, 3.05) is 23.1 Å². The minimum absolute atomic E-state index is 0.158. The Labute approximate surface area is 167 Å². The van der Waals surface area contributed by atoms with Gasteiger partial charge in [0.05, 0.1) is 0 Å². The van der Waals surface area contributed by atoms with Gasteiger partial charge in [0.25, 0.3) is 5.91 Å². The molecule has 0 bridgehead atoms. The highest BCUT2D eigenvalue weighted by Gasteiger charge is 2.10. The molecule has 0 aliphatic heterocycles. The van der Waals surface area contributed by atoms with Crippen LogP contribution in [0.15, 0.2) is 54.9 Å². The van der Waals surface area contributed by atoms with Gasteiger partial charge >= 0.3 is 0 Å². The Bertz CT molecular complexity index is 968. The van der Waals surface area contributed by atoms with Crippen molar-refractivity contribution >= 4 is 40.5 Å². The first-order chi connectivity index (χ1) is 13.5. The summed E-state index contributed by atoms with van der Waals surface area (Å²) >= 11 is 6.13. The van der Waals surface area contributed by atoms with Crippen molar-refractivity contribution in [3.8, 4) is 5.75 Å². The van der Waals surface area contributed by atoms with E-state index in [1.807, 2.05) is 37.3 Å². The lowest BCUT2D eigenvalue weighted by molar-refractivity contribution is -0.122. The predicted octanol–water partition coefficient (Wildman–Crippen LogP) is 3.29. The van der Waals surface area contributed by atoms with Crippen molar-refractivity contribution in [3.63, 3.8) is 0 Å².